The summed E-state index contributed by atoms with van der Waals surface area (Å²) in [6, 6.07) is 3.99. The summed E-state index contributed by atoms with van der Waals surface area (Å²) >= 11 is 3.20. The van der Waals surface area contributed by atoms with Crippen LogP contribution in [-0.2, 0) is 9.59 Å². The van der Waals surface area contributed by atoms with Crippen molar-refractivity contribution in [1.29, 1.82) is 0 Å². The van der Waals surface area contributed by atoms with Crippen LogP contribution in [0.4, 0.5) is 4.39 Å². The Morgan fingerprint density at radius 1 is 1.48 bits per heavy atom. The van der Waals surface area contributed by atoms with Crippen LogP contribution in [-0.4, -0.2) is 41.1 Å². The van der Waals surface area contributed by atoms with Gasteiger partial charge in [0.15, 0.2) is 6.10 Å². The Morgan fingerprint density at radius 2 is 2.17 bits per heavy atom. The summed E-state index contributed by atoms with van der Waals surface area (Å²) in [6.07, 6.45) is -0.291. The number of hydrogen-bond donors (Lipinski definition) is 1. The van der Waals surface area contributed by atoms with Gasteiger partial charge in [-0.2, -0.15) is 0 Å². The second-order valence-corrected chi connectivity index (χ2v) is 6.68. The molecule has 1 aromatic rings. The number of hydrogen-bond acceptors (Lipinski definition) is 3. The maximum absolute atomic E-state index is 13.1. The lowest BCUT2D eigenvalue weighted by Gasteiger charge is -2.36. The van der Waals surface area contributed by atoms with Crippen LogP contribution in [0.25, 0.3) is 0 Å². The van der Waals surface area contributed by atoms with E-state index in [1.54, 1.807) is 11.8 Å². The lowest BCUT2D eigenvalue weighted by Crippen LogP contribution is -2.49. The molecular weight excluding hydrogens is 369 g/mol. The van der Waals surface area contributed by atoms with Gasteiger partial charge in [0.2, 0.25) is 0 Å². The minimum Gasteiger partial charge on any atom is -0.481 e. The van der Waals surface area contributed by atoms with Gasteiger partial charge in [-0.3, -0.25) is 9.59 Å². The van der Waals surface area contributed by atoms with Crippen LogP contribution in [0, 0.1) is 17.7 Å². The highest BCUT2D eigenvalue weighted by Crippen LogP contribution is 2.28. The number of piperidine rings is 1. The number of rotatable bonds is 4. The van der Waals surface area contributed by atoms with Crippen molar-refractivity contribution in [2.24, 2.45) is 11.8 Å². The van der Waals surface area contributed by atoms with Crippen molar-refractivity contribution in [3.63, 3.8) is 0 Å². The number of carbonyl (C=O) groups is 2. The minimum absolute atomic E-state index is 0.102. The molecule has 1 aliphatic rings. The molecule has 1 heterocycles. The van der Waals surface area contributed by atoms with E-state index in [-0.39, 0.29) is 11.8 Å². The average molecular weight is 388 g/mol. The van der Waals surface area contributed by atoms with E-state index in [2.05, 4.69) is 15.9 Å². The molecule has 23 heavy (non-hydrogen) atoms. The molecule has 126 valence electrons. The Morgan fingerprint density at radius 3 is 2.74 bits per heavy atom. The van der Waals surface area contributed by atoms with Gasteiger partial charge in [0.05, 0.1) is 10.4 Å². The van der Waals surface area contributed by atoms with Gasteiger partial charge in [-0.15, -0.1) is 0 Å². The van der Waals surface area contributed by atoms with Gasteiger partial charge < -0.3 is 14.7 Å². The van der Waals surface area contributed by atoms with Crippen molar-refractivity contribution >= 4 is 27.8 Å². The predicted octanol–water partition coefficient (Wildman–Crippen LogP) is 2.92. The van der Waals surface area contributed by atoms with Gasteiger partial charge in [-0.1, -0.05) is 6.92 Å². The second-order valence-electron chi connectivity index (χ2n) is 5.83. The fraction of sp³-hybridized carbons (Fsp3) is 0.500. The Labute approximate surface area is 142 Å². The maximum Gasteiger partial charge on any atom is 0.306 e. The fourth-order valence-corrected chi connectivity index (χ4v) is 3.23. The summed E-state index contributed by atoms with van der Waals surface area (Å²) in [5.41, 5.74) is 0. The number of likely N-dealkylation sites (tertiary alicyclic amines) is 1. The normalized spacial score (nSPS) is 22.5. The molecule has 0 spiro atoms. The largest absolute Gasteiger partial charge is 0.481 e. The van der Waals surface area contributed by atoms with E-state index in [1.807, 2.05) is 6.92 Å². The smallest absolute Gasteiger partial charge is 0.306 e. The number of ether oxygens (including phenoxy) is 1. The SMILES string of the molecule is CC(Oc1ccc(F)cc1Br)C(=O)N1CCC(C(=O)O)C(C)C1. The minimum atomic E-state index is -0.816. The van der Waals surface area contributed by atoms with E-state index >= 15 is 0 Å². The molecule has 0 saturated carbocycles. The Bertz CT molecular complexity index is 610. The van der Waals surface area contributed by atoms with Crippen molar-refractivity contribution in [1.82, 2.24) is 4.90 Å². The summed E-state index contributed by atoms with van der Waals surface area (Å²) in [5.74, 6) is -1.54. The van der Waals surface area contributed by atoms with E-state index in [9.17, 15) is 14.0 Å². The lowest BCUT2D eigenvalue weighted by atomic mass is 9.87. The van der Waals surface area contributed by atoms with Gasteiger partial charge in [0.25, 0.3) is 5.91 Å². The van der Waals surface area contributed by atoms with Crippen LogP contribution in [0.5, 0.6) is 5.75 Å². The highest BCUT2D eigenvalue weighted by molar-refractivity contribution is 9.10. The first-order chi connectivity index (χ1) is 10.8. The van der Waals surface area contributed by atoms with Gasteiger partial charge in [-0.05, 0) is 53.4 Å². The van der Waals surface area contributed by atoms with Crippen LogP contribution in [0.1, 0.15) is 20.3 Å². The van der Waals surface area contributed by atoms with Gasteiger partial charge >= 0.3 is 5.97 Å². The zero-order chi connectivity index (χ0) is 17.1. The Balaban J connectivity index is 1.99. The number of aliphatic carboxylic acids is 1. The van der Waals surface area contributed by atoms with Crippen molar-refractivity contribution in [3.8, 4) is 5.75 Å². The number of carboxylic acid groups (broad SMARTS) is 1. The zero-order valence-electron chi connectivity index (χ0n) is 13.0. The van der Waals surface area contributed by atoms with Crippen LogP contribution >= 0.6 is 15.9 Å². The number of amides is 1. The van der Waals surface area contributed by atoms with Gasteiger partial charge in [0, 0.05) is 13.1 Å². The molecule has 3 atom stereocenters. The van der Waals surface area contributed by atoms with Gasteiger partial charge in [-0.25, -0.2) is 4.39 Å². The first-order valence-corrected chi connectivity index (χ1v) is 8.22. The first-order valence-electron chi connectivity index (χ1n) is 7.43. The van der Waals surface area contributed by atoms with E-state index in [4.69, 9.17) is 9.84 Å². The average Bonchev–Trinajstić information content (AvgIpc) is 2.48. The molecule has 0 aliphatic carbocycles. The summed E-state index contributed by atoms with van der Waals surface area (Å²) in [6.45, 7) is 4.26. The summed E-state index contributed by atoms with van der Waals surface area (Å²) in [5, 5.41) is 9.13. The summed E-state index contributed by atoms with van der Waals surface area (Å²) < 4.78 is 19.1. The molecule has 7 heteroatoms. The highest BCUT2D eigenvalue weighted by atomic mass is 79.9. The molecular formula is C16H19BrFNO4. The molecule has 3 unspecified atom stereocenters. The van der Waals surface area contributed by atoms with Crippen molar-refractivity contribution < 1.29 is 23.8 Å². The Hall–Kier alpha value is -1.63. The first kappa shape index (κ1) is 17.7. The zero-order valence-corrected chi connectivity index (χ0v) is 14.5. The predicted molar refractivity (Wildman–Crippen MR) is 85.7 cm³/mol. The van der Waals surface area contributed by atoms with E-state index in [0.717, 1.165) is 0 Å². The molecule has 1 fully saturated rings. The summed E-state index contributed by atoms with van der Waals surface area (Å²) in [4.78, 5) is 25.2. The molecule has 1 N–H and O–H groups in total. The highest BCUT2D eigenvalue weighted by Gasteiger charge is 2.34. The maximum atomic E-state index is 13.1. The lowest BCUT2D eigenvalue weighted by molar-refractivity contribution is -0.150. The molecule has 1 aliphatic heterocycles. The third kappa shape index (κ3) is 4.22. The van der Waals surface area contributed by atoms with E-state index in [0.29, 0.717) is 29.7 Å². The quantitative estimate of drug-likeness (QED) is 0.862. The van der Waals surface area contributed by atoms with Crippen LogP contribution in [0.2, 0.25) is 0 Å². The van der Waals surface area contributed by atoms with Crippen molar-refractivity contribution in [3.05, 3.63) is 28.5 Å². The summed E-state index contributed by atoms with van der Waals surface area (Å²) in [7, 11) is 0. The Kier molecular flexibility index (Phi) is 5.62. The molecule has 5 nitrogen and oxygen atoms in total. The van der Waals surface area contributed by atoms with Crippen molar-refractivity contribution in [2.45, 2.75) is 26.4 Å². The third-order valence-corrected chi connectivity index (χ3v) is 4.70. The van der Waals surface area contributed by atoms with E-state index in [1.165, 1.54) is 18.2 Å². The fourth-order valence-electron chi connectivity index (χ4n) is 2.78. The molecule has 1 aromatic carbocycles. The van der Waals surface area contributed by atoms with Crippen molar-refractivity contribution in [2.75, 3.05) is 13.1 Å². The third-order valence-electron chi connectivity index (χ3n) is 4.08. The molecule has 0 aromatic heterocycles. The standard InChI is InChI=1S/C16H19BrFNO4/c1-9-8-19(6-5-12(9)16(21)22)15(20)10(2)23-14-4-3-11(18)7-13(14)17/h3-4,7,9-10,12H,5-6,8H2,1-2H3,(H,21,22). The van der Waals surface area contributed by atoms with E-state index < -0.39 is 23.8 Å². The number of carbonyl (C=O) groups excluding carboxylic acids is 1. The molecule has 1 saturated heterocycles. The molecule has 2 rings (SSSR count). The van der Waals surface area contributed by atoms with Crippen LogP contribution < -0.4 is 4.74 Å². The number of benzene rings is 1. The number of halogens is 2. The number of carboxylic acids is 1. The topological polar surface area (TPSA) is 66.8 Å². The molecule has 0 bridgehead atoms. The van der Waals surface area contributed by atoms with Crippen LogP contribution in [0.3, 0.4) is 0 Å². The van der Waals surface area contributed by atoms with Gasteiger partial charge in [0.1, 0.15) is 11.6 Å². The number of nitrogens with zero attached hydrogens (tertiary/aromatic N) is 1. The molecule has 1 amide bonds. The molecule has 0 radical (unpaired) electrons. The van der Waals surface area contributed by atoms with Crippen LogP contribution in [0.15, 0.2) is 22.7 Å². The monoisotopic (exact) mass is 387 g/mol. The second kappa shape index (κ2) is 7.29.